The number of pyridine rings is 1. The second-order valence-corrected chi connectivity index (χ2v) is 46.2. The Kier molecular flexibility index (Phi) is 38.6. The highest BCUT2D eigenvalue weighted by Crippen LogP contribution is 2.42. The summed E-state index contributed by atoms with van der Waals surface area (Å²) in [6.45, 7) is 58.7. The molecule has 2 fully saturated rings. The van der Waals surface area contributed by atoms with Crippen molar-refractivity contribution in [3.05, 3.63) is 314 Å². The number of benzene rings is 10. The molecule has 0 aliphatic heterocycles. The molecule has 0 spiro atoms. The number of anilines is 8. The van der Waals surface area contributed by atoms with Crippen molar-refractivity contribution in [2.75, 3.05) is 45.9 Å². The first-order chi connectivity index (χ1) is 65.7. The highest BCUT2D eigenvalue weighted by atomic mass is 19.4. The van der Waals surface area contributed by atoms with Crippen LogP contribution in [0.1, 0.15) is 304 Å². The molecule has 14 rings (SSSR count). The molecule has 0 bridgehead atoms. The highest BCUT2D eigenvalue weighted by molar-refractivity contribution is 5.75. The highest BCUT2D eigenvalue weighted by Gasteiger charge is 2.49. The Balaban J connectivity index is 0.000000222. The van der Waals surface area contributed by atoms with Crippen molar-refractivity contribution in [2.45, 2.75) is 306 Å². The number of aryl methyl sites for hydroxylation is 2. The average Bonchev–Trinajstić information content (AvgIpc) is 1.40. The molecule has 19 N–H and O–H groups in total. The Morgan fingerprint density at radius 3 is 1.02 bits per heavy atom. The molecule has 19 heteroatoms. The minimum Gasteiger partial charge on any atom is -0.398 e. The summed E-state index contributed by atoms with van der Waals surface area (Å²) in [4.78, 5) is 4.69. The second kappa shape index (κ2) is 47.3. The first-order valence-corrected chi connectivity index (χ1v) is 48.7. The summed E-state index contributed by atoms with van der Waals surface area (Å²) in [5, 5.41) is 33.1. The third-order valence-corrected chi connectivity index (χ3v) is 23.7. The third-order valence-electron chi connectivity index (χ3n) is 23.7. The fourth-order valence-corrected chi connectivity index (χ4v) is 15.0. The Bertz CT molecular complexity index is 6460. The van der Waals surface area contributed by atoms with Crippen LogP contribution in [0.15, 0.2) is 225 Å². The van der Waals surface area contributed by atoms with Gasteiger partial charge in [0.05, 0.1) is 45.9 Å². The minimum atomic E-state index is -4.79. The molecule has 2 aliphatic carbocycles. The van der Waals surface area contributed by atoms with Gasteiger partial charge in [0.15, 0.2) is 0 Å². The average molecular weight is 1940 g/mol. The van der Waals surface area contributed by atoms with E-state index in [2.05, 4.69) is 233 Å². The molecule has 14 nitrogen and oxygen atoms in total. The van der Waals surface area contributed by atoms with Gasteiger partial charge >= 0.3 is 6.18 Å². The van der Waals surface area contributed by atoms with E-state index < -0.39 is 23.0 Å². The number of alkyl halides is 3. The number of para-hydroxylation sites is 1. The first-order valence-electron chi connectivity index (χ1n) is 48.7. The van der Waals surface area contributed by atoms with Crippen molar-refractivity contribution < 1.29 is 37.3 Å². The van der Waals surface area contributed by atoms with Gasteiger partial charge in [-0.05, 0) is 311 Å². The number of nitrogen functional groups attached to an aromatic ring is 8. The van der Waals surface area contributed by atoms with Gasteiger partial charge in [0.1, 0.15) is 17.2 Å². The Labute approximate surface area is 850 Å². The lowest BCUT2D eigenvalue weighted by atomic mass is 9.83. The van der Waals surface area contributed by atoms with Gasteiger partial charge in [0, 0.05) is 85.6 Å². The minimum absolute atomic E-state index is 0.00347. The normalized spacial score (nSPS) is 13.2. The predicted molar refractivity (Wildman–Crippen MR) is 594 cm³/mol. The van der Waals surface area contributed by atoms with Gasteiger partial charge in [-0.2, -0.15) is 18.3 Å². The van der Waals surface area contributed by atoms with Gasteiger partial charge in [-0.25, -0.2) is 13.5 Å². The lowest BCUT2D eigenvalue weighted by Gasteiger charge is -2.23. The molecule has 760 valence electrons. The Morgan fingerprint density at radius 1 is 0.357 bits per heavy atom. The molecular formula is C124H156F5N11O3. The monoisotopic (exact) mass is 1940 g/mol. The molecule has 0 radical (unpaired) electrons. The first kappa shape index (κ1) is 117. The molecule has 0 saturated heterocycles. The molecule has 2 heterocycles. The number of rotatable bonds is 6. The number of nitrogens with zero attached hydrogens (tertiary/aromatic N) is 3. The van der Waals surface area contributed by atoms with Gasteiger partial charge in [0.25, 0.3) is 0 Å². The number of aromatic nitrogens is 3. The maximum absolute atomic E-state index is 13.0. The fraction of sp³-hybridized carbons (Fsp3) is 0.387. The number of hydrogen-bond donors (Lipinski definition) is 11. The molecule has 143 heavy (non-hydrogen) atoms. The van der Waals surface area contributed by atoms with E-state index in [9.17, 15) is 37.3 Å². The smallest absolute Gasteiger partial charge is 0.398 e. The lowest BCUT2D eigenvalue weighted by molar-refractivity contribution is -0.228. The summed E-state index contributed by atoms with van der Waals surface area (Å²) in [6, 6.07) is 68.0. The van der Waals surface area contributed by atoms with Crippen LogP contribution in [0.2, 0.25) is 0 Å². The maximum atomic E-state index is 13.0. The van der Waals surface area contributed by atoms with E-state index in [-0.39, 0.29) is 55.0 Å². The van der Waals surface area contributed by atoms with E-state index in [1.54, 1.807) is 50.2 Å². The van der Waals surface area contributed by atoms with Crippen LogP contribution in [-0.4, -0.2) is 53.1 Å². The second-order valence-electron chi connectivity index (χ2n) is 46.2. The van der Waals surface area contributed by atoms with Crippen molar-refractivity contribution in [2.24, 2.45) is 5.92 Å². The summed E-state index contributed by atoms with van der Waals surface area (Å²) < 4.78 is 65.3. The van der Waals surface area contributed by atoms with E-state index in [1.807, 2.05) is 167 Å². The van der Waals surface area contributed by atoms with Crippen molar-refractivity contribution in [3.63, 3.8) is 0 Å². The lowest BCUT2D eigenvalue weighted by Crippen LogP contribution is -2.40. The summed E-state index contributed by atoms with van der Waals surface area (Å²) in [5.41, 5.74) is 70.8. The van der Waals surface area contributed by atoms with Gasteiger partial charge in [-0.1, -0.05) is 286 Å². The Morgan fingerprint density at radius 2 is 0.692 bits per heavy atom. The fourth-order valence-electron chi connectivity index (χ4n) is 15.0. The van der Waals surface area contributed by atoms with E-state index in [1.165, 1.54) is 48.7 Å². The SMILES string of the molecule is CC(C)(C)c1cc(C#CC(C)(O)C(F)(F)F)ccc1N.CC(C)(C)c1cc(C#CCC2(O)CC2)ccc1N.CC(C)(C)c1cc(C#CCC2CC2)ccc1N.CC(C)(C)c1nc(-c2ccccc2)ccc1N.CC(C)(C)c1nn(-c2ccccc2)cc1N.CC(C)(O)C#Cc1ccc(N)c(C(C)(C)C)c1.Cc1cc(N)c(C(C)(C)C)cc1-c1ccc(F)cc1.Cc1cc(N)c(C(C)(C)C)cc1-c1ccc(F)cc1. The molecule has 1 atom stereocenters. The summed E-state index contributed by atoms with van der Waals surface area (Å²) >= 11 is 0. The molecule has 2 saturated carbocycles. The zero-order valence-corrected chi connectivity index (χ0v) is 89.9. The van der Waals surface area contributed by atoms with Crippen molar-refractivity contribution >= 4 is 45.5 Å². The molecule has 0 amide bonds. The van der Waals surface area contributed by atoms with E-state index in [0.29, 0.717) is 24.6 Å². The zero-order chi connectivity index (χ0) is 108. The summed E-state index contributed by atoms with van der Waals surface area (Å²) in [5.74, 6) is 23.1. The van der Waals surface area contributed by atoms with E-state index in [4.69, 9.17) is 45.9 Å². The van der Waals surface area contributed by atoms with E-state index in [0.717, 1.165) is 171 Å². The quantitative estimate of drug-likeness (QED) is 0.0420. The standard InChI is InChI=1S/2C17H20FN.C16H21NO.C16H21N.C15H18F3NO.C15H18N2.C15H21NO.C13H17N3/c2*1-11-9-16(19)15(17(2,3)4)10-14(11)12-5-7-13(18)8-6-12;1-15(2,3)13-11-12(6-7-14(13)17)5-4-8-16(18)9-10-16;1-16(2,3)14-11-13(9-10-15(14)17)6-4-5-12-7-8-12;1-13(2,3)11-9-10(5-6-12(11)19)7-8-14(4,20)15(16,17)18;1-15(2,3)14-12(16)9-10-13(17-14)11-7-5-4-6-8-11;1-14(2,3)12-10-11(6-7-13(12)16)8-9-15(4,5)17;1-13(2,3)12-11(14)9-16(15-12)10-7-5-4-6-8-10/h2*5-10H,19H2,1-4H3;6-7,11,18H,8-10,17H2,1-3H3;9-12H,5,7-8,17H2,1-3H3;5-6,9,20H,19H2,1-4H3;4-10H,16H2,1-3H3;6-7,10,17H,16H2,1-5H3;4-9H,14H2,1-3H3. The van der Waals surface area contributed by atoms with Crippen LogP contribution in [0.4, 0.5) is 67.5 Å². The van der Waals surface area contributed by atoms with Gasteiger partial charge < -0.3 is 61.2 Å². The van der Waals surface area contributed by atoms with Crippen LogP contribution in [0.5, 0.6) is 0 Å². The molecule has 10 aromatic carbocycles. The zero-order valence-electron chi connectivity index (χ0n) is 89.9. The topological polar surface area (TPSA) is 300 Å². The van der Waals surface area contributed by atoms with Crippen molar-refractivity contribution in [1.29, 1.82) is 0 Å². The predicted octanol–water partition coefficient (Wildman–Crippen LogP) is 28.2. The van der Waals surface area contributed by atoms with E-state index >= 15 is 0 Å². The molecule has 2 aromatic heterocycles. The van der Waals surface area contributed by atoms with Crippen molar-refractivity contribution in [1.82, 2.24) is 14.8 Å². The number of nitrogens with two attached hydrogens (primary N) is 8. The Hall–Kier alpha value is -13.3. The largest absolute Gasteiger partial charge is 0.428 e. The molecule has 2 aliphatic rings. The van der Waals surface area contributed by atoms with Crippen LogP contribution in [0.25, 0.3) is 39.2 Å². The number of hydrogen-bond acceptors (Lipinski definition) is 13. The number of halogens is 5. The van der Waals surface area contributed by atoms with Crippen LogP contribution in [0, 0.1) is 78.8 Å². The molecule has 1 unspecified atom stereocenters. The summed E-state index contributed by atoms with van der Waals surface area (Å²) in [7, 11) is 0. The third kappa shape index (κ3) is 36.6. The van der Waals surface area contributed by atoms with Crippen LogP contribution >= 0.6 is 0 Å². The van der Waals surface area contributed by atoms with Gasteiger partial charge in [0.2, 0.25) is 5.60 Å². The summed E-state index contributed by atoms with van der Waals surface area (Å²) in [6.07, 6.45) is 3.20. The van der Waals surface area contributed by atoms with Crippen LogP contribution in [0.3, 0.4) is 0 Å². The van der Waals surface area contributed by atoms with Crippen molar-refractivity contribution in [3.8, 4) is 86.6 Å². The van der Waals surface area contributed by atoms with Crippen LogP contribution < -0.4 is 45.9 Å². The maximum Gasteiger partial charge on any atom is 0.428 e. The molecule has 12 aromatic rings. The van der Waals surface area contributed by atoms with Gasteiger partial charge in [-0.15, -0.1) is 0 Å². The van der Waals surface area contributed by atoms with Gasteiger partial charge in [-0.3, -0.25) is 4.98 Å². The van der Waals surface area contributed by atoms with Crippen LogP contribution in [-0.2, 0) is 43.3 Å². The number of aliphatic hydroxyl groups is 3. The molecular weight excluding hydrogens is 1790 g/mol.